The first-order valence-electron chi connectivity index (χ1n) is 6.61. The fourth-order valence-corrected chi connectivity index (χ4v) is 2.53. The molecule has 1 aliphatic heterocycles. The molecule has 20 heavy (non-hydrogen) atoms. The highest BCUT2D eigenvalue weighted by Gasteiger charge is 2.31. The number of nitrogens with zero attached hydrogens (tertiary/aromatic N) is 2. The molecule has 1 aromatic carbocycles. The minimum absolute atomic E-state index is 0.472. The van der Waals surface area contributed by atoms with E-state index in [0.29, 0.717) is 32.1 Å². The Bertz CT molecular complexity index is 411. The molecule has 0 amide bonds. The second kappa shape index (κ2) is 6.78. The average Bonchev–Trinajstić information content (AvgIpc) is 2.40. The highest BCUT2D eigenvalue weighted by Crippen LogP contribution is 2.18. The monoisotopic (exact) mass is 306 g/mol. The van der Waals surface area contributed by atoms with E-state index < -0.39 is 12.7 Å². The van der Waals surface area contributed by atoms with Crippen LogP contribution in [0.25, 0.3) is 0 Å². The molecular formula is C14H18ClF3N2. The third-order valence-electron chi connectivity index (χ3n) is 3.45. The van der Waals surface area contributed by atoms with Crippen molar-refractivity contribution < 1.29 is 13.2 Å². The lowest BCUT2D eigenvalue weighted by molar-refractivity contribution is -0.149. The molecule has 6 heteroatoms. The van der Waals surface area contributed by atoms with E-state index in [0.717, 1.165) is 12.1 Å². The van der Waals surface area contributed by atoms with Crippen LogP contribution in [0, 0.1) is 0 Å². The molecule has 0 N–H and O–H groups in total. The van der Waals surface area contributed by atoms with Crippen molar-refractivity contribution in [2.24, 2.45) is 0 Å². The van der Waals surface area contributed by atoms with Crippen LogP contribution in [-0.4, -0.2) is 48.7 Å². The molecule has 0 unspecified atom stereocenters. The standard InChI is InChI=1S/C14H18ClF3N2/c15-9-12-1-3-13(4-2-12)10-19-5-7-20(8-6-19)11-14(16,17)18/h1-4H,5-11H2. The normalized spacial score (nSPS) is 18.4. The van der Waals surface area contributed by atoms with E-state index in [-0.39, 0.29) is 0 Å². The predicted molar refractivity (Wildman–Crippen MR) is 73.8 cm³/mol. The molecule has 0 atom stereocenters. The third kappa shape index (κ3) is 4.96. The maximum absolute atomic E-state index is 12.3. The molecule has 2 rings (SSSR count). The Hall–Kier alpha value is -0.780. The molecule has 0 radical (unpaired) electrons. The van der Waals surface area contributed by atoms with Crippen LogP contribution in [-0.2, 0) is 12.4 Å². The fourth-order valence-electron chi connectivity index (χ4n) is 2.35. The van der Waals surface area contributed by atoms with Gasteiger partial charge in [-0.05, 0) is 11.1 Å². The summed E-state index contributed by atoms with van der Waals surface area (Å²) < 4.78 is 36.9. The summed E-state index contributed by atoms with van der Waals surface area (Å²) in [7, 11) is 0. The van der Waals surface area contributed by atoms with E-state index in [1.807, 2.05) is 24.3 Å². The summed E-state index contributed by atoms with van der Waals surface area (Å²) in [5.74, 6) is 0.496. The van der Waals surface area contributed by atoms with Crippen LogP contribution in [0.4, 0.5) is 13.2 Å². The molecule has 2 nitrogen and oxygen atoms in total. The van der Waals surface area contributed by atoms with Gasteiger partial charge in [0.15, 0.2) is 0 Å². The van der Waals surface area contributed by atoms with Crippen molar-refractivity contribution in [1.82, 2.24) is 9.80 Å². The highest BCUT2D eigenvalue weighted by molar-refractivity contribution is 6.17. The van der Waals surface area contributed by atoms with Crippen LogP contribution in [0.2, 0.25) is 0 Å². The minimum Gasteiger partial charge on any atom is -0.297 e. The second-order valence-electron chi connectivity index (χ2n) is 5.12. The number of hydrogen-bond donors (Lipinski definition) is 0. The number of piperazine rings is 1. The molecule has 0 spiro atoms. The topological polar surface area (TPSA) is 6.48 Å². The lowest BCUT2D eigenvalue weighted by Gasteiger charge is -2.35. The molecule has 0 bridgehead atoms. The number of benzene rings is 1. The predicted octanol–water partition coefficient (Wildman–Crippen LogP) is 3.11. The van der Waals surface area contributed by atoms with Gasteiger partial charge in [0, 0.05) is 38.6 Å². The van der Waals surface area contributed by atoms with Crippen LogP contribution < -0.4 is 0 Å². The molecular weight excluding hydrogens is 289 g/mol. The molecule has 0 saturated carbocycles. The summed E-state index contributed by atoms with van der Waals surface area (Å²) in [6.07, 6.45) is -4.10. The molecule has 1 heterocycles. The van der Waals surface area contributed by atoms with Gasteiger partial charge in [0.2, 0.25) is 0 Å². The van der Waals surface area contributed by atoms with Crippen LogP contribution in [0.1, 0.15) is 11.1 Å². The molecule has 1 aromatic rings. The van der Waals surface area contributed by atoms with Crippen molar-refractivity contribution >= 4 is 11.6 Å². The van der Waals surface area contributed by atoms with E-state index in [9.17, 15) is 13.2 Å². The molecule has 1 fully saturated rings. The maximum Gasteiger partial charge on any atom is 0.401 e. The number of alkyl halides is 4. The van der Waals surface area contributed by atoms with Crippen molar-refractivity contribution in [2.75, 3.05) is 32.7 Å². The fraction of sp³-hybridized carbons (Fsp3) is 0.571. The zero-order valence-corrected chi connectivity index (χ0v) is 11.9. The van der Waals surface area contributed by atoms with E-state index >= 15 is 0 Å². The smallest absolute Gasteiger partial charge is 0.297 e. The minimum atomic E-state index is -4.10. The average molecular weight is 307 g/mol. The van der Waals surface area contributed by atoms with Gasteiger partial charge in [0.1, 0.15) is 0 Å². The first kappa shape index (κ1) is 15.6. The molecule has 1 saturated heterocycles. The summed E-state index contributed by atoms with van der Waals surface area (Å²) in [6.45, 7) is 2.27. The zero-order valence-electron chi connectivity index (χ0n) is 11.2. The van der Waals surface area contributed by atoms with Gasteiger partial charge in [0.05, 0.1) is 6.54 Å². The summed E-state index contributed by atoms with van der Waals surface area (Å²) in [5.41, 5.74) is 2.24. The second-order valence-corrected chi connectivity index (χ2v) is 5.38. The zero-order chi connectivity index (χ0) is 14.6. The van der Waals surface area contributed by atoms with Gasteiger partial charge in [-0.3, -0.25) is 9.80 Å². The Labute approximate surface area is 122 Å². The van der Waals surface area contributed by atoms with Crippen molar-refractivity contribution in [1.29, 1.82) is 0 Å². The molecule has 1 aliphatic rings. The Morgan fingerprint density at radius 1 is 0.900 bits per heavy atom. The summed E-state index contributed by atoms with van der Waals surface area (Å²) in [4.78, 5) is 3.65. The van der Waals surface area contributed by atoms with Gasteiger partial charge < -0.3 is 0 Å². The number of rotatable bonds is 4. The van der Waals surface area contributed by atoms with Gasteiger partial charge in [-0.1, -0.05) is 24.3 Å². The lowest BCUT2D eigenvalue weighted by atomic mass is 10.1. The SMILES string of the molecule is FC(F)(F)CN1CCN(Cc2ccc(CCl)cc2)CC1. The summed E-state index contributed by atoms with van der Waals surface area (Å²) in [6, 6.07) is 8.03. The Morgan fingerprint density at radius 2 is 1.40 bits per heavy atom. The maximum atomic E-state index is 12.3. The Morgan fingerprint density at radius 3 is 1.90 bits per heavy atom. The first-order chi connectivity index (χ1) is 9.46. The van der Waals surface area contributed by atoms with Gasteiger partial charge in [-0.15, -0.1) is 11.6 Å². The highest BCUT2D eigenvalue weighted by atomic mass is 35.5. The van der Waals surface area contributed by atoms with Crippen LogP contribution >= 0.6 is 11.6 Å². The lowest BCUT2D eigenvalue weighted by Crippen LogP contribution is -2.48. The first-order valence-corrected chi connectivity index (χ1v) is 7.15. The van der Waals surface area contributed by atoms with Crippen LogP contribution in [0.5, 0.6) is 0 Å². The number of halogens is 4. The van der Waals surface area contributed by atoms with Gasteiger partial charge >= 0.3 is 6.18 Å². The van der Waals surface area contributed by atoms with Gasteiger partial charge in [0.25, 0.3) is 0 Å². The molecule has 0 aliphatic carbocycles. The van der Waals surface area contributed by atoms with E-state index in [2.05, 4.69) is 4.90 Å². The quantitative estimate of drug-likeness (QED) is 0.789. The largest absolute Gasteiger partial charge is 0.401 e. The van der Waals surface area contributed by atoms with Gasteiger partial charge in [-0.25, -0.2) is 0 Å². The third-order valence-corrected chi connectivity index (χ3v) is 3.76. The van der Waals surface area contributed by atoms with Gasteiger partial charge in [-0.2, -0.15) is 13.2 Å². The molecule has 0 aromatic heterocycles. The van der Waals surface area contributed by atoms with E-state index in [1.54, 1.807) is 0 Å². The summed E-state index contributed by atoms with van der Waals surface area (Å²) >= 11 is 5.73. The summed E-state index contributed by atoms with van der Waals surface area (Å²) in [5, 5.41) is 0. The van der Waals surface area contributed by atoms with E-state index in [4.69, 9.17) is 11.6 Å². The van der Waals surface area contributed by atoms with Crippen molar-refractivity contribution in [2.45, 2.75) is 18.6 Å². The molecule has 112 valence electrons. The van der Waals surface area contributed by atoms with Crippen LogP contribution in [0.15, 0.2) is 24.3 Å². The van der Waals surface area contributed by atoms with E-state index in [1.165, 1.54) is 10.5 Å². The number of hydrogen-bond acceptors (Lipinski definition) is 2. The Kier molecular flexibility index (Phi) is 5.29. The van der Waals surface area contributed by atoms with Crippen molar-refractivity contribution in [3.8, 4) is 0 Å². The Balaban J connectivity index is 1.79. The van der Waals surface area contributed by atoms with Crippen LogP contribution in [0.3, 0.4) is 0 Å². The van der Waals surface area contributed by atoms with Crippen molar-refractivity contribution in [3.05, 3.63) is 35.4 Å². The van der Waals surface area contributed by atoms with Crippen molar-refractivity contribution in [3.63, 3.8) is 0 Å².